The molecule has 5 rings (SSSR count). The van der Waals surface area contributed by atoms with Crippen molar-refractivity contribution in [3.63, 3.8) is 0 Å². The summed E-state index contributed by atoms with van der Waals surface area (Å²) in [5.74, 6) is 0.0741. The van der Waals surface area contributed by atoms with Crippen LogP contribution in [0.15, 0.2) is 131 Å². The third kappa shape index (κ3) is 11.7. The number of sulfonamides is 1. The Balaban J connectivity index is 1.11. The zero-order valence-corrected chi connectivity index (χ0v) is 32.3. The zero-order valence-electron chi connectivity index (χ0n) is 29.1. The van der Waals surface area contributed by atoms with E-state index in [1.54, 1.807) is 48.2 Å². The molecule has 12 heteroatoms. The topological polar surface area (TPSA) is 103 Å². The number of hydrogen-bond donors (Lipinski definition) is 4. The van der Waals surface area contributed by atoms with Gasteiger partial charge in [0.25, 0.3) is 15.9 Å². The Bertz CT molecular complexity index is 2010. The maximum atomic E-state index is 13.2. The van der Waals surface area contributed by atoms with Gasteiger partial charge in [-0.25, -0.2) is 13.1 Å². The predicted molar refractivity (Wildman–Crippen MR) is 217 cm³/mol. The van der Waals surface area contributed by atoms with Crippen LogP contribution in [-0.2, 0) is 16.6 Å². The van der Waals surface area contributed by atoms with Crippen molar-refractivity contribution in [2.45, 2.75) is 28.8 Å². The third-order valence-electron chi connectivity index (χ3n) is 8.20. The number of thioether (sulfide) groups is 1. The van der Waals surface area contributed by atoms with Crippen molar-refractivity contribution in [1.29, 1.82) is 0 Å². The van der Waals surface area contributed by atoms with Gasteiger partial charge in [-0.05, 0) is 110 Å². The average molecular weight is 777 g/mol. The van der Waals surface area contributed by atoms with Gasteiger partial charge in [-0.15, -0.1) is 11.8 Å². The molecule has 8 nitrogen and oxygen atoms in total. The molecule has 0 aliphatic heterocycles. The lowest BCUT2D eigenvalue weighted by atomic mass is 10.00. The number of halogens is 2. The molecule has 0 unspecified atom stereocenters. The molecule has 0 aliphatic rings. The van der Waals surface area contributed by atoms with Gasteiger partial charge < -0.3 is 20.9 Å². The molecule has 1 atom stereocenters. The fourth-order valence-corrected chi connectivity index (χ4v) is 8.09. The van der Waals surface area contributed by atoms with Gasteiger partial charge in [-0.2, -0.15) is 0 Å². The number of anilines is 2. The summed E-state index contributed by atoms with van der Waals surface area (Å²) in [5, 5.41) is 11.0. The number of carbonyl (C=O) groups is 1. The van der Waals surface area contributed by atoms with Crippen LogP contribution >= 0.6 is 35.0 Å². The molecule has 0 fully saturated rings. The first kappa shape index (κ1) is 39.2. The first-order valence-electron chi connectivity index (χ1n) is 16.9. The highest BCUT2D eigenvalue weighted by Gasteiger charge is 2.22. The van der Waals surface area contributed by atoms with Crippen LogP contribution in [0.3, 0.4) is 0 Å². The summed E-state index contributed by atoms with van der Waals surface area (Å²) in [7, 11) is -0.165. The molecule has 0 saturated heterocycles. The maximum Gasteiger partial charge on any atom is 0.265 e. The van der Waals surface area contributed by atoms with E-state index in [4.69, 9.17) is 23.2 Å². The zero-order chi connectivity index (χ0) is 36.9. The molecule has 0 spiro atoms. The molecular weight excluding hydrogens is 734 g/mol. The molecule has 52 heavy (non-hydrogen) atoms. The summed E-state index contributed by atoms with van der Waals surface area (Å²) in [4.78, 5) is 16.1. The van der Waals surface area contributed by atoms with Crippen LogP contribution < -0.4 is 20.7 Å². The van der Waals surface area contributed by atoms with E-state index in [1.807, 2.05) is 68.7 Å². The number of benzene rings is 5. The first-order valence-corrected chi connectivity index (χ1v) is 20.1. The second-order valence-electron chi connectivity index (χ2n) is 12.5. The highest BCUT2D eigenvalue weighted by atomic mass is 35.5. The summed E-state index contributed by atoms with van der Waals surface area (Å²) < 4.78 is 28.6. The van der Waals surface area contributed by atoms with E-state index in [0.717, 1.165) is 35.5 Å². The van der Waals surface area contributed by atoms with E-state index in [2.05, 4.69) is 49.8 Å². The van der Waals surface area contributed by atoms with Gasteiger partial charge >= 0.3 is 0 Å². The van der Waals surface area contributed by atoms with Crippen LogP contribution in [0.4, 0.5) is 11.4 Å². The summed E-state index contributed by atoms with van der Waals surface area (Å²) >= 11 is 14.3. The molecule has 0 bridgehead atoms. The minimum Gasteiger partial charge on any atom is -0.384 e. The number of nitrogens with zero attached hydrogens (tertiary/aromatic N) is 1. The van der Waals surface area contributed by atoms with E-state index in [1.165, 1.54) is 16.5 Å². The van der Waals surface area contributed by atoms with Gasteiger partial charge in [0.2, 0.25) is 0 Å². The Hall–Kier alpha value is -4.03. The van der Waals surface area contributed by atoms with E-state index in [0.29, 0.717) is 30.3 Å². The Kier molecular flexibility index (Phi) is 14.4. The molecule has 0 radical (unpaired) electrons. The molecule has 0 saturated carbocycles. The molecule has 0 aromatic heterocycles. The minimum atomic E-state index is -4.23. The lowest BCUT2D eigenvalue weighted by molar-refractivity contribution is 0.0981. The summed E-state index contributed by atoms with van der Waals surface area (Å²) in [6, 6.07) is 37.7. The standard InChI is InChI=1S/C40H43Cl2N5O3S2/c1-47(2)25-22-35(28-51-36-9-4-3-5-10-36)45-34-20-21-39(38(42)26-34)52(49,50)46-40(48)30-14-18-33(19-15-30)44-24-23-43-27-31-8-6-7-11-37(31)29-12-16-32(41)17-13-29/h3-21,26,35,43-45H,22-25,27-28H2,1-2H3,(H,46,48)/t35-/m1/s1. The van der Waals surface area contributed by atoms with Crippen LogP contribution in [0.2, 0.25) is 10.0 Å². The molecular formula is C40H43Cl2N5O3S2. The van der Waals surface area contributed by atoms with Crippen molar-refractivity contribution in [3.8, 4) is 11.1 Å². The van der Waals surface area contributed by atoms with Crippen LogP contribution in [-0.4, -0.2) is 64.7 Å². The Morgan fingerprint density at radius 2 is 1.50 bits per heavy atom. The summed E-state index contributed by atoms with van der Waals surface area (Å²) in [5.41, 5.74) is 5.16. The molecule has 5 aromatic carbocycles. The Labute approximate surface area is 321 Å². The van der Waals surface area contributed by atoms with Gasteiger partial charge in [-0.3, -0.25) is 4.79 Å². The second-order valence-corrected chi connectivity index (χ2v) is 16.1. The Morgan fingerprint density at radius 1 is 0.808 bits per heavy atom. The molecule has 1 amide bonds. The van der Waals surface area contributed by atoms with Gasteiger partial charge in [0.1, 0.15) is 4.90 Å². The van der Waals surface area contributed by atoms with Gasteiger partial charge in [0.05, 0.1) is 5.02 Å². The van der Waals surface area contributed by atoms with Crippen molar-refractivity contribution in [2.75, 3.05) is 50.1 Å². The second kappa shape index (κ2) is 19.2. The highest BCUT2D eigenvalue weighted by molar-refractivity contribution is 7.99. The fourth-order valence-electron chi connectivity index (χ4n) is 5.45. The van der Waals surface area contributed by atoms with Crippen molar-refractivity contribution in [3.05, 3.63) is 142 Å². The number of hydrogen-bond acceptors (Lipinski definition) is 8. The van der Waals surface area contributed by atoms with Gasteiger partial charge in [-0.1, -0.05) is 77.8 Å². The predicted octanol–water partition coefficient (Wildman–Crippen LogP) is 8.51. The lowest BCUT2D eigenvalue weighted by Gasteiger charge is -2.22. The van der Waals surface area contributed by atoms with Gasteiger partial charge in [0.15, 0.2) is 0 Å². The SMILES string of the molecule is CN(C)CC[C@H](CSc1ccccc1)Nc1ccc(S(=O)(=O)NC(=O)c2ccc(NCCNCc3ccccc3-c3ccc(Cl)cc3)cc2)c(Cl)c1. The Morgan fingerprint density at radius 3 is 2.21 bits per heavy atom. The van der Waals surface area contributed by atoms with Crippen molar-refractivity contribution < 1.29 is 13.2 Å². The van der Waals surface area contributed by atoms with Crippen LogP contribution in [0.1, 0.15) is 22.3 Å². The normalized spacial score (nSPS) is 12.0. The monoisotopic (exact) mass is 775 g/mol. The highest BCUT2D eigenvalue weighted by Crippen LogP contribution is 2.28. The largest absolute Gasteiger partial charge is 0.384 e. The van der Waals surface area contributed by atoms with Crippen molar-refractivity contribution >= 4 is 62.3 Å². The number of carbonyl (C=O) groups excluding carboxylic acids is 1. The molecule has 0 heterocycles. The van der Waals surface area contributed by atoms with Crippen LogP contribution in [0.25, 0.3) is 11.1 Å². The van der Waals surface area contributed by atoms with E-state index < -0.39 is 15.9 Å². The summed E-state index contributed by atoms with van der Waals surface area (Å²) in [6.07, 6.45) is 0.882. The fraction of sp³-hybridized carbons (Fsp3) is 0.225. The molecule has 4 N–H and O–H groups in total. The lowest BCUT2D eigenvalue weighted by Crippen LogP contribution is -2.31. The quantitative estimate of drug-likeness (QED) is 0.0520. The van der Waals surface area contributed by atoms with Crippen LogP contribution in [0, 0.1) is 0 Å². The van der Waals surface area contributed by atoms with E-state index >= 15 is 0 Å². The maximum absolute atomic E-state index is 13.2. The number of amides is 1. The van der Waals surface area contributed by atoms with Crippen LogP contribution in [0.5, 0.6) is 0 Å². The van der Waals surface area contributed by atoms with Crippen molar-refractivity contribution in [2.24, 2.45) is 0 Å². The van der Waals surface area contributed by atoms with E-state index in [-0.39, 0.29) is 21.5 Å². The summed E-state index contributed by atoms with van der Waals surface area (Å²) in [6.45, 7) is 2.93. The van der Waals surface area contributed by atoms with E-state index in [9.17, 15) is 13.2 Å². The van der Waals surface area contributed by atoms with Gasteiger partial charge in [0, 0.05) is 58.3 Å². The molecule has 5 aromatic rings. The molecule has 272 valence electrons. The number of nitrogens with one attached hydrogen (secondary N) is 4. The molecule has 0 aliphatic carbocycles. The smallest absolute Gasteiger partial charge is 0.265 e. The first-order chi connectivity index (χ1) is 25.1. The third-order valence-corrected chi connectivity index (χ3v) is 11.4. The van der Waals surface area contributed by atoms with Crippen molar-refractivity contribution in [1.82, 2.24) is 14.9 Å². The minimum absolute atomic E-state index is 0.0222. The number of rotatable bonds is 18. The average Bonchev–Trinajstić information content (AvgIpc) is 3.13.